The second-order valence-corrected chi connectivity index (χ2v) is 4.79. The maximum atomic E-state index is 4.49. The van der Waals surface area contributed by atoms with Crippen LogP contribution >= 0.6 is 0 Å². The Kier molecular flexibility index (Phi) is 3.39. The summed E-state index contributed by atoms with van der Waals surface area (Å²) < 4.78 is 1.87. The van der Waals surface area contributed by atoms with Gasteiger partial charge >= 0.3 is 0 Å². The van der Waals surface area contributed by atoms with Gasteiger partial charge in [0.1, 0.15) is 6.33 Å². The fourth-order valence-electron chi connectivity index (χ4n) is 2.02. The number of hydrogen-bond donors (Lipinski definition) is 1. The Morgan fingerprint density at radius 3 is 2.71 bits per heavy atom. The Labute approximate surface area is 122 Å². The Balaban J connectivity index is 2.16. The zero-order valence-electron chi connectivity index (χ0n) is 12.3. The number of imidazole rings is 1. The largest absolute Gasteiger partial charge is 0.354 e. The Morgan fingerprint density at radius 1 is 1.14 bits per heavy atom. The van der Waals surface area contributed by atoms with E-state index in [2.05, 4.69) is 25.3 Å². The Bertz CT molecular complexity index is 763. The van der Waals surface area contributed by atoms with E-state index in [1.54, 1.807) is 6.33 Å². The maximum absolute atomic E-state index is 4.49. The van der Waals surface area contributed by atoms with Crippen LogP contribution in [0.25, 0.3) is 17.0 Å². The molecule has 1 N–H and O–H groups in total. The van der Waals surface area contributed by atoms with Crippen LogP contribution in [0.4, 0.5) is 11.9 Å². The van der Waals surface area contributed by atoms with Crippen molar-refractivity contribution in [2.45, 2.75) is 6.92 Å². The third kappa shape index (κ3) is 2.49. The van der Waals surface area contributed by atoms with Crippen molar-refractivity contribution in [1.82, 2.24) is 24.5 Å². The highest BCUT2D eigenvalue weighted by Gasteiger charge is 2.11. The summed E-state index contributed by atoms with van der Waals surface area (Å²) in [6, 6.07) is 7.89. The molecule has 0 spiro atoms. The van der Waals surface area contributed by atoms with Crippen molar-refractivity contribution < 1.29 is 0 Å². The fraction of sp³-hybridized carbons (Fsp3) is 0.286. The van der Waals surface area contributed by atoms with Crippen LogP contribution in [-0.4, -0.2) is 45.1 Å². The second-order valence-electron chi connectivity index (χ2n) is 4.79. The van der Waals surface area contributed by atoms with E-state index < -0.39 is 0 Å². The molecule has 3 aromatic rings. The van der Waals surface area contributed by atoms with Crippen molar-refractivity contribution in [3.05, 3.63) is 30.6 Å². The van der Waals surface area contributed by atoms with Gasteiger partial charge in [0.25, 0.3) is 0 Å². The number of aromatic nitrogens is 5. The van der Waals surface area contributed by atoms with E-state index >= 15 is 0 Å². The van der Waals surface area contributed by atoms with E-state index in [1.807, 2.05) is 54.8 Å². The van der Waals surface area contributed by atoms with Crippen LogP contribution < -0.4 is 10.2 Å². The third-order valence-corrected chi connectivity index (χ3v) is 3.02. The number of fused-ring (bicyclic) bond motifs is 1. The zero-order chi connectivity index (χ0) is 14.8. The van der Waals surface area contributed by atoms with E-state index in [0.29, 0.717) is 17.8 Å². The smallest absolute Gasteiger partial charge is 0.242 e. The molecule has 0 saturated heterocycles. The monoisotopic (exact) mass is 283 g/mol. The number of anilines is 2. The molecular formula is C14H17N7. The molecular weight excluding hydrogens is 266 g/mol. The highest BCUT2D eigenvalue weighted by Crippen LogP contribution is 2.17. The predicted molar refractivity (Wildman–Crippen MR) is 82.9 cm³/mol. The number of nitrogens with one attached hydrogen (secondary N) is 1. The minimum absolute atomic E-state index is 0.554. The first-order valence-electron chi connectivity index (χ1n) is 6.78. The van der Waals surface area contributed by atoms with Crippen LogP contribution in [0.2, 0.25) is 0 Å². The van der Waals surface area contributed by atoms with Gasteiger partial charge in [0.15, 0.2) is 0 Å². The summed E-state index contributed by atoms with van der Waals surface area (Å²) in [4.78, 5) is 19.6. The summed E-state index contributed by atoms with van der Waals surface area (Å²) in [6.07, 6.45) is 1.73. The number of hydrogen-bond acceptors (Lipinski definition) is 6. The Morgan fingerprint density at radius 2 is 1.95 bits per heavy atom. The minimum atomic E-state index is 0.554. The van der Waals surface area contributed by atoms with Gasteiger partial charge in [0.2, 0.25) is 17.8 Å². The lowest BCUT2D eigenvalue weighted by Gasteiger charge is -2.13. The molecule has 0 radical (unpaired) electrons. The van der Waals surface area contributed by atoms with Gasteiger partial charge in [-0.1, -0.05) is 12.1 Å². The molecule has 0 atom stereocenters. The van der Waals surface area contributed by atoms with E-state index in [0.717, 1.165) is 17.6 Å². The number of para-hydroxylation sites is 2. The maximum Gasteiger partial charge on any atom is 0.242 e. The van der Waals surface area contributed by atoms with Gasteiger partial charge in [-0.05, 0) is 19.1 Å². The molecule has 7 heteroatoms. The van der Waals surface area contributed by atoms with Gasteiger partial charge in [0, 0.05) is 20.6 Å². The molecule has 0 amide bonds. The molecule has 108 valence electrons. The summed E-state index contributed by atoms with van der Waals surface area (Å²) in [6.45, 7) is 2.76. The van der Waals surface area contributed by atoms with Crippen LogP contribution in [0.1, 0.15) is 6.92 Å². The highest BCUT2D eigenvalue weighted by molar-refractivity contribution is 5.76. The lowest BCUT2D eigenvalue weighted by atomic mass is 10.3. The average molecular weight is 283 g/mol. The molecule has 3 rings (SSSR count). The molecule has 2 aromatic heterocycles. The molecule has 0 aliphatic heterocycles. The van der Waals surface area contributed by atoms with Crippen molar-refractivity contribution in [2.24, 2.45) is 0 Å². The van der Waals surface area contributed by atoms with E-state index in [1.165, 1.54) is 0 Å². The standard InChI is InChI=1S/C14H17N7/c1-4-15-12-17-13(20(2)3)19-14(18-12)21-9-16-10-7-5-6-8-11(10)21/h5-9H,4H2,1-3H3,(H,15,17,18,19). The molecule has 1 aromatic carbocycles. The topological polar surface area (TPSA) is 71.8 Å². The lowest BCUT2D eigenvalue weighted by molar-refractivity contribution is 0.881. The third-order valence-electron chi connectivity index (χ3n) is 3.02. The number of benzene rings is 1. The highest BCUT2D eigenvalue weighted by atomic mass is 15.3. The van der Waals surface area contributed by atoms with E-state index in [-0.39, 0.29) is 0 Å². The van der Waals surface area contributed by atoms with Crippen molar-refractivity contribution >= 4 is 22.9 Å². The van der Waals surface area contributed by atoms with Gasteiger partial charge < -0.3 is 10.2 Å². The van der Waals surface area contributed by atoms with E-state index in [9.17, 15) is 0 Å². The van der Waals surface area contributed by atoms with Crippen molar-refractivity contribution in [3.8, 4) is 5.95 Å². The molecule has 0 aliphatic rings. The molecule has 0 bridgehead atoms. The van der Waals surface area contributed by atoms with Crippen LogP contribution in [-0.2, 0) is 0 Å². The summed E-state index contributed by atoms with van der Waals surface area (Å²) in [5.74, 6) is 1.72. The molecule has 0 saturated carbocycles. The van der Waals surface area contributed by atoms with Gasteiger partial charge in [-0.15, -0.1) is 0 Å². The summed E-state index contributed by atoms with van der Waals surface area (Å²) >= 11 is 0. The number of rotatable bonds is 4. The zero-order valence-corrected chi connectivity index (χ0v) is 12.3. The lowest BCUT2D eigenvalue weighted by Crippen LogP contribution is -2.17. The predicted octanol–water partition coefficient (Wildman–Crippen LogP) is 1.71. The first-order chi connectivity index (χ1) is 10.2. The summed E-state index contributed by atoms with van der Waals surface area (Å²) in [5, 5.41) is 3.13. The minimum Gasteiger partial charge on any atom is -0.354 e. The second kappa shape index (κ2) is 5.35. The quantitative estimate of drug-likeness (QED) is 0.786. The summed E-state index contributed by atoms with van der Waals surface area (Å²) in [7, 11) is 3.81. The molecule has 21 heavy (non-hydrogen) atoms. The first kappa shape index (κ1) is 13.3. The van der Waals surface area contributed by atoms with E-state index in [4.69, 9.17) is 0 Å². The van der Waals surface area contributed by atoms with Gasteiger partial charge in [0.05, 0.1) is 11.0 Å². The molecule has 0 aliphatic carbocycles. The van der Waals surface area contributed by atoms with Crippen LogP contribution in [0.15, 0.2) is 30.6 Å². The van der Waals surface area contributed by atoms with Gasteiger partial charge in [-0.2, -0.15) is 15.0 Å². The van der Waals surface area contributed by atoms with Gasteiger partial charge in [-0.3, -0.25) is 4.57 Å². The normalized spacial score (nSPS) is 10.8. The SMILES string of the molecule is CCNc1nc(N(C)C)nc(-n2cnc3ccccc32)n1. The van der Waals surface area contributed by atoms with Gasteiger partial charge in [-0.25, -0.2) is 4.98 Å². The van der Waals surface area contributed by atoms with Crippen molar-refractivity contribution in [1.29, 1.82) is 0 Å². The summed E-state index contributed by atoms with van der Waals surface area (Å²) in [5.41, 5.74) is 1.88. The number of nitrogens with zero attached hydrogens (tertiary/aromatic N) is 6. The Hall–Kier alpha value is -2.70. The van der Waals surface area contributed by atoms with Crippen molar-refractivity contribution in [2.75, 3.05) is 30.9 Å². The molecule has 0 unspecified atom stereocenters. The fourth-order valence-corrected chi connectivity index (χ4v) is 2.02. The average Bonchev–Trinajstić information content (AvgIpc) is 2.91. The van der Waals surface area contributed by atoms with Crippen LogP contribution in [0.3, 0.4) is 0 Å². The molecule has 2 heterocycles. The van der Waals surface area contributed by atoms with Crippen molar-refractivity contribution in [3.63, 3.8) is 0 Å². The molecule has 7 nitrogen and oxygen atoms in total. The molecule has 0 fully saturated rings. The van der Waals surface area contributed by atoms with Crippen LogP contribution in [0, 0.1) is 0 Å². The first-order valence-corrected chi connectivity index (χ1v) is 6.78. The van der Waals surface area contributed by atoms with Crippen LogP contribution in [0.5, 0.6) is 0 Å².